The van der Waals surface area contributed by atoms with E-state index in [1.54, 1.807) is 25.2 Å². The van der Waals surface area contributed by atoms with E-state index in [0.717, 1.165) is 23.7 Å². The lowest BCUT2D eigenvalue weighted by Crippen LogP contribution is -2.34. The molecule has 0 saturated carbocycles. The second-order valence-corrected chi connectivity index (χ2v) is 8.93. The molecule has 3 aromatic rings. The van der Waals surface area contributed by atoms with Gasteiger partial charge in [0.15, 0.2) is 11.5 Å². The van der Waals surface area contributed by atoms with E-state index in [2.05, 4.69) is 17.2 Å². The van der Waals surface area contributed by atoms with E-state index in [-0.39, 0.29) is 18.4 Å². The van der Waals surface area contributed by atoms with Crippen LogP contribution in [0.4, 0.5) is 5.69 Å². The quantitative estimate of drug-likeness (QED) is 0.503. The van der Waals surface area contributed by atoms with Crippen molar-refractivity contribution in [1.29, 1.82) is 0 Å². The van der Waals surface area contributed by atoms with Crippen LogP contribution >= 0.6 is 0 Å². The smallest absolute Gasteiger partial charge is 0.254 e. The normalized spacial score (nSPS) is 15.0. The third-order valence-corrected chi connectivity index (χ3v) is 6.24. The lowest BCUT2D eigenvalue weighted by molar-refractivity contribution is -0.116. The maximum atomic E-state index is 13.1. The molecule has 1 atom stereocenters. The summed E-state index contributed by atoms with van der Waals surface area (Å²) < 4.78 is 11.2. The summed E-state index contributed by atoms with van der Waals surface area (Å²) in [5.74, 6) is 1.38. The molecule has 0 bridgehead atoms. The van der Waals surface area contributed by atoms with Crippen molar-refractivity contribution in [2.24, 2.45) is 5.92 Å². The van der Waals surface area contributed by atoms with Gasteiger partial charge in [-0.1, -0.05) is 6.92 Å². The van der Waals surface area contributed by atoms with Gasteiger partial charge in [0.25, 0.3) is 5.91 Å². The van der Waals surface area contributed by atoms with Gasteiger partial charge >= 0.3 is 0 Å². The fourth-order valence-electron chi connectivity index (χ4n) is 4.56. The average molecular weight is 464 g/mol. The molecule has 1 aliphatic carbocycles. The Labute approximate surface area is 200 Å². The first-order chi connectivity index (χ1) is 16.4. The molecule has 1 heterocycles. The lowest BCUT2D eigenvalue weighted by Gasteiger charge is -2.19. The minimum Gasteiger partial charge on any atom is -0.490 e. The molecule has 1 aliphatic rings. The Kier molecular flexibility index (Phi) is 7.10. The van der Waals surface area contributed by atoms with Crippen molar-refractivity contribution in [3.63, 3.8) is 0 Å². The number of ether oxygens (including phenoxy) is 2. The topological polar surface area (TPSA) is 83.7 Å². The first kappa shape index (κ1) is 23.7. The van der Waals surface area contributed by atoms with Crippen molar-refractivity contribution in [3.05, 3.63) is 53.2 Å². The molecule has 7 heteroatoms. The summed E-state index contributed by atoms with van der Waals surface area (Å²) in [7, 11) is 1.64. The van der Waals surface area contributed by atoms with Crippen molar-refractivity contribution in [2.75, 3.05) is 32.1 Å². The predicted molar refractivity (Wildman–Crippen MR) is 134 cm³/mol. The molecule has 0 fully saturated rings. The van der Waals surface area contributed by atoms with Crippen LogP contribution in [0.5, 0.6) is 11.5 Å². The largest absolute Gasteiger partial charge is 0.490 e. The molecule has 0 saturated heterocycles. The zero-order valence-electron chi connectivity index (χ0n) is 20.4. The maximum absolute atomic E-state index is 13.1. The molecule has 0 radical (unpaired) electrons. The van der Waals surface area contributed by atoms with E-state index < -0.39 is 0 Å². The number of aryl methyl sites for hydroxylation is 1. The Morgan fingerprint density at radius 3 is 2.62 bits per heavy atom. The van der Waals surface area contributed by atoms with Crippen LogP contribution in [0.2, 0.25) is 0 Å². The van der Waals surface area contributed by atoms with E-state index in [4.69, 9.17) is 9.47 Å². The van der Waals surface area contributed by atoms with Gasteiger partial charge in [0.2, 0.25) is 5.91 Å². The highest BCUT2D eigenvalue weighted by Gasteiger charge is 2.22. The number of H-pyrrole nitrogens is 1. The molecule has 2 N–H and O–H groups in total. The molecule has 0 aliphatic heterocycles. The van der Waals surface area contributed by atoms with Gasteiger partial charge in [-0.05, 0) is 74.9 Å². The SMILES string of the molecule is CCOc1ccc(NC(=O)CN(C)C(=O)c2ccc3[nH]c4c(c3c2)C[C@H](C)CC4)cc1OCC. The third kappa shape index (κ3) is 5.03. The van der Waals surface area contributed by atoms with Crippen LogP contribution in [0.25, 0.3) is 10.9 Å². The molecule has 180 valence electrons. The van der Waals surface area contributed by atoms with E-state index in [9.17, 15) is 9.59 Å². The molecule has 4 rings (SSSR count). The van der Waals surface area contributed by atoms with Gasteiger partial charge in [-0.3, -0.25) is 9.59 Å². The second-order valence-electron chi connectivity index (χ2n) is 8.93. The number of benzene rings is 2. The van der Waals surface area contributed by atoms with Crippen LogP contribution < -0.4 is 14.8 Å². The van der Waals surface area contributed by atoms with E-state index in [0.29, 0.717) is 41.9 Å². The van der Waals surface area contributed by atoms with Gasteiger partial charge in [0.1, 0.15) is 0 Å². The lowest BCUT2D eigenvalue weighted by atomic mass is 9.87. The number of likely N-dealkylation sites (N-methyl/N-ethyl adjacent to an activating group) is 1. The monoisotopic (exact) mass is 463 g/mol. The summed E-state index contributed by atoms with van der Waals surface area (Å²) >= 11 is 0. The molecule has 1 aromatic heterocycles. The second kappa shape index (κ2) is 10.2. The van der Waals surface area contributed by atoms with Gasteiger partial charge in [-0.2, -0.15) is 0 Å². The van der Waals surface area contributed by atoms with Crippen LogP contribution in [0.1, 0.15) is 48.8 Å². The highest BCUT2D eigenvalue weighted by atomic mass is 16.5. The highest BCUT2D eigenvalue weighted by molar-refractivity contribution is 6.02. The van der Waals surface area contributed by atoms with E-state index in [1.165, 1.54) is 22.6 Å². The van der Waals surface area contributed by atoms with Crippen molar-refractivity contribution in [2.45, 2.75) is 40.0 Å². The minimum atomic E-state index is -0.281. The standard InChI is InChI=1S/C27H33N3O4/c1-5-33-24-12-9-19(15-25(24)34-6-2)28-26(31)16-30(4)27(32)18-8-11-23-21(14-18)20-13-17(3)7-10-22(20)29-23/h8-9,11-12,14-15,17,29H,5-7,10,13,16H2,1-4H3,(H,28,31)/t17-/m1/s1. The Bertz CT molecular complexity index is 1200. The number of aromatic nitrogens is 1. The fourth-order valence-corrected chi connectivity index (χ4v) is 4.56. The fraction of sp³-hybridized carbons (Fsp3) is 0.407. The van der Waals surface area contributed by atoms with Gasteiger partial charge in [-0.15, -0.1) is 0 Å². The minimum absolute atomic E-state index is 0.0592. The Morgan fingerprint density at radius 1 is 1.09 bits per heavy atom. The van der Waals surface area contributed by atoms with Crippen molar-refractivity contribution < 1.29 is 19.1 Å². The molecule has 34 heavy (non-hydrogen) atoms. The predicted octanol–water partition coefficient (Wildman–Crippen LogP) is 4.80. The zero-order valence-corrected chi connectivity index (χ0v) is 20.4. The van der Waals surface area contributed by atoms with Gasteiger partial charge in [-0.25, -0.2) is 0 Å². The molecule has 2 aromatic carbocycles. The molecular weight excluding hydrogens is 430 g/mol. The molecule has 2 amide bonds. The molecule has 7 nitrogen and oxygen atoms in total. The number of carbonyl (C=O) groups is 2. The van der Waals surface area contributed by atoms with Crippen molar-refractivity contribution in [3.8, 4) is 11.5 Å². The van der Waals surface area contributed by atoms with Crippen molar-refractivity contribution in [1.82, 2.24) is 9.88 Å². The van der Waals surface area contributed by atoms with Gasteiger partial charge in [0, 0.05) is 41.0 Å². The molecule has 0 spiro atoms. The van der Waals surface area contributed by atoms with Crippen LogP contribution in [0.15, 0.2) is 36.4 Å². The van der Waals surface area contributed by atoms with Crippen LogP contribution in [0.3, 0.4) is 0 Å². The van der Waals surface area contributed by atoms with E-state index in [1.807, 2.05) is 32.0 Å². The maximum Gasteiger partial charge on any atom is 0.254 e. The highest BCUT2D eigenvalue weighted by Crippen LogP contribution is 2.33. The number of aromatic amines is 1. The number of hydrogen-bond acceptors (Lipinski definition) is 4. The first-order valence-electron chi connectivity index (χ1n) is 12.0. The van der Waals surface area contributed by atoms with Crippen LogP contribution in [0, 0.1) is 5.92 Å². The summed E-state index contributed by atoms with van der Waals surface area (Å²) in [6.45, 7) is 7.02. The van der Waals surface area contributed by atoms with Crippen LogP contribution in [-0.4, -0.2) is 48.5 Å². The van der Waals surface area contributed by atoms with Gasteiger partial charge in [0.05, 0.1) is 19.8 Å². The number of hydrogen-bond donors (Lipinski definition) is 2. The number of nitrogens with one attached hydrogen (secondary N) is 2. The number of anilines is 1. The number of amides is 2. The van der Waals surface area contributed by atoms with E-state index >= 15 is 0 Å². The average Bonchev–Trinajstić information content (AvgIpc) is 3.17. The summed E-state index contributed by atoms with van der Waals surface area (Å²) in [5, 5.41) is 3.96. The summed E-state index contributed by atoms with van der Waals surface area (Å²) in [6, 6.07) is 11.0. The van der Waals surface area contributed by atoms with Crippen molar-refractivity contribution >= 4 is 28.4 Å². The molecule has 0 unspecified atom stereocenters. The summed E-state index contributed by atoms with van der Waals surface area (Å²) in [5.41, 5.74) is 4.85. The van der Waals surface area contributed by atoms with Gasteiger partial charge < -0.3 is 24.7 Å². The number of carbonyl (C=O) groups excluding carboxylic acids is 2. The summed E-state index contributed by atoms with van der Waals surface area (Å²) in [4.78, 5) is 30.7. The van der Waals surface area contributed by atoms with Crippen LogP contribution in [-0.2, 0) is 17.6 Å². The Morgan fingerprint density at radius 2 is 1.85 bits per heavy atom. The number of rotatable bonds is 8. The third-order valence-electron chi connectivity index (χ3n) is 6.24. The Balaban J connectivity index is 1.44. The number of fused-ring (bicyclic) bond motifs is 3. The first-order valence-corrected chi connectivity index (χ1v) is 12.0. The number of nitrogens with zero attached hydrogens (tertiary/aromatic N) is 1. The summed E-state index contributed by atoms with van der Waals surface area (Å²) in [6.07, 6.45) is 3.26. The Hall–Kier alpha value is -3.48. The zero-order chi connectivity index (χ0) is 24.2. The molecular formula is C27H33N3O4.